The van der Waals surface area contributed by atoms with Crippen molar-refractivity contribution in [3.63, 3.8) is 0 Å². The van der Waals surface area contributed by atoms with Crippen molar-refractivity contribution < 1.29 is 19.4 Å². The van der Waals surface area contributed by atoms with Crippen LogP contribution in [-0.4, -0.2) is 27.2 Å². The lowest BCUT2D eigenvalue weighted by molar-refractivity contribution is -0.121. The number of halogens is 2. The van der Waals surface area contributed by atoms with E-state index in [0.717, 1.165) is 12.3 Å². The highest BCUT2D eigenvalue weighted by Gasteiger charge is 2.21. The van der Waals surface area contributed by atoms with E-state index in [4.69, 9.17) is 17.3 Å². The maximum Gasteiger partial charge on any atom is 0.220 e. The normalized spacial score (nSPS) is 14.5. The van der Waals surface area contributed by atoms with Crippen molar-refractivity contribution in [3.05, 3.63) is 28.8 Å². The summed E-state index contributed by atoms with van der Waals surface area (Å²) in [6.07, 6.45) is -2.15. The molecule has 0 saturated heterocycles. The highest BCUT2D eigenvalue weighted by Crippen LogP contribution is 2.21. The first kappa shape index (κ1) is 12.8. The van der Waals surface area contributed by atoms with Crippen LogP contribution in [0.15, 0.2) is 12.3 Å². The van der Waals surface area contributed by atoms with Gasteiger partial charge in [-0.2, -0.15) is 0 Å². The molecule has 4 N–H and O–H groups in total. The number of nitrogens with zero attached hydrogens (tertiary/aromatic N) is 1. The number of pyridine rings is 1. The number of aromatic nitrogens is 1. The van der Waals surface area contributed by atoms with Crippen LogP contribution < -0.4 is 5.73 Å². The smallest absolute Gasteiger partial charge is 0.220 e. The molecule has 1 aromatic rings. The van der Waals surface area contributed by atoms with Crippen molar-refractivity contribution in [3.8, 4) is 0 Å². The first-order valence-electron chi connectivity index (χ1n) is 4.37. The van der Waals surface area contributed by atoms with E-state index in [-0.39, 0.29) is 10.7 Å². The van der Waals surface area contributed by atoms with E-state index in [2.05, 4.69) is 4.98 Å². The van der Waals surface area contributed by atoms with Gasteiger partial charge in [0.15, 0.2) is 11.0 Å². The van der Waals surface area contributed by atoms with Crippen LogP contribution in [0.3, 0.4) is 0 Å². The molecule has 0 aromatic carbocycles. The van der Waals surface area contributed by atoms with Crippen molar-refractivity contribution in [1.82, 2.24) is 4.98 Å². The SMILES string of the molecule is NC(=O)CC(O)C(O)c1cnc(Cl)c(F)c1. The van der Waals surface area contributed by atoms with Crippen LogP contribution in [0.1, 0.15) is 18.1 Å². The minimum Gasteiger partial charge on any atom is -0.390 e. The molecule has 0 radical (unpaired) electrons. The zero-order valence-corrected chi connectivity index (χ0v) is 8.86. The van der Waals surface area contributed by atoms with Crippen LogP contribution in [0.2, 0.25) is 5.15 Å². The fourth-order valence-corrected chi connectivity index (χ4v) is 1.24. The van der Waals surface area contributed by atoms with Gasteiger partial charge >= 0.3 is 0 Å². The molecular weight excluding hydrogens is 239 g/mol. The number of amides is 1. The summed E-state index contributed by atoms with van der Waals surface area (Å²) in [6.45, 7) is 0. The second kappa shape index (κ2) is 5.20. The Labute approximate surface area is 95.7 Å². The summed E-state index contributed by atoms with van der Waals surface area (Å²) >= 11 is 5.34. The second-order valence-corrected chi connectivity index (χ2v) is 3.58. The molecule has 88 valence electrons. The van der Waals surface area contributed by atoms with Crippen LogP contribution in [-0.2, 0) is 4.79 Å². The fraction of sp³-hybridized carbons (Fsp3) is 0.333. The van der Waals surface area contributed by atoms with Crippen molar-refractivity contribution in [2.45, 2.75) is 18.6 Å². The maximum absolute atomic E-state index is 13.0. The van der Waals surface area contributed by atoms with Crippen molar-refractivity contribution in [2.75, 3.05) is 0 Å². The van der Waals surface area contributed by atoms with Crippen LogP contribution in [0.25, 0.3) is 0 Å². The van der Waals surface area contributed by atoms with Gasteiger partial charge in [-0.3, -0.25) is 4.79 Å². The third-order valence-electron chi connectivity index (χ3n) is 1.93. The lowest BCUT2D eigenvalue weighted by Gasteiger charge is -2.16. The summed E-state index contributed by atoms with van der Waals surface area (Å²) < 4.78 is 13.0. The Balaban J connectivity index is 2.83. The number of rotatable bonds is 4. The van der Waals surface area contributed by atoms with Crippen LogP contribution in [0.5, 0.6) is 0 Å². The maximum atomic E-state index is 13.0. The fourth-order valence-electron chi connectivity index (χ4n) is 1.14. The van der Waals surface area contributed by atoms with Gasteiger partial charge in [0.05, 0.1) is 12.5 Å². The standard InChI is InChI=1S/C9H10ClFN2O3/c10-9-5(11)1-4(3-13-9)8(16)6(14)2-7(12)15/h1,3,6,8,14,16H,2H2,(H2,12,15). The molecule has 0 fully saturated rings. The van der Waals surface area contributed by atoms with Gasteiger partial charge in [-0.15, -0.1) is 0 Å². The van der Waals surface area contributed by atoms with Gasteiger partial charge in [-0.1, -0.05) is 11.6 Å². The van der Waals surface area contributed by atoms with Gasteiger partial charge in [-0.25, -0.2) is 9.37 Å². The second-order valence-electron chi connectivity index (χ2n) is 3.22. The zero-order valence-electron chi connectivity index (χ0n) is 8.10. The highest BCUT2D eigenvalue weighted by atomic mass is 35.5. The van der Waals surface area contributed by atoms with E-state index in [0.29, 0.717) is 0 Å². The van der Waals surface area contributed by atoms with Gasteiger partial charge in [-0.05, 0) is 6.07 Å². The molecule has 2 atom stereocenters. The molecule has 2 unspecified atom stereocenters. The van der Waals surface area contributed by atoms with E-state index in [1.807, 2.05) is 0 Å². The van der Waals surface area contributed by atoms with Gasteiger partial charge in [0, 0.05) is 11.8 Å². The molecule has 0 bridgehead atoms. The first-order chi connectivity index (χ1) is 7.41. The molecule has 5 nitrogen and oxygen atoms in total. The van der Waals surface area contributed by atoms with Gasteiger partial charge in [0.1, 0.15) is 6.10 Å². The van der Waals surface area contributed by atoms with Crippen molar-refractivity contribution in [1.29, 1.82) is 0 Å². The Morgan fingerprint density at radius 1 is 1.62 bits per heavy atom. The van der Waals surface area contributed by atoms with E-state index < -0.39 is 30.4 Å². The number of aliphatic hydroxyl groups excluding tert-OH is 2. The Bertz CT molecular complexity index is 402. The van der Waals surface area contributed by atoms with Gasteiger partial charge < -0.3 is 15.9 Å². The quantitative estimate of drug-likeness (QED) is 0.661. The molecule has 1 heterocycles. The summed E-state index contributed by atoms with van der Waals surface area (Å²) in [7, 11) is 0. The Kier molecular flexibility index (Phi) is 4.17. The number of nitrogens with two attached hydrogens (primary N) is 1. The number of hydrogen-bond acceptors (Lipinski definition) is 4. The molecule has 1 rings (SSSR count). The molecule has 0 spiro atoms. The number of hydrogen-bond donors (Lipinski definition) is 3. The van der Waals surface area contributed by atoms with Crippen LogP contribution in [0, 0.1) is 5.82 Å². The van der Waals surface area contributed by atoms with Gasteiger partial charge in [0.2, 0.25) is 5.91 Å². The van der Waals surface area contributed by atoms with E-state index in [1.54, 1.807) is 0 Å². The van der Waals surface area contributed by atoms with E-state index in [9.17, 15) is 19.4 Å². The van der Waals surface area contributed by atoms with Crippen molar-refractivity contribution >= 4 is 17.5 Å². The Hall–Kier alpha value is -1.24. The number of aliphatic hydroxyl groups is 2. The predicted molar refractivity (Wildman–Crippen MR) is 54.0 cm³/mol. The molecule has 16 heavy (non-hydrogen) atoms. The number of carbonyl (C=O) groups excluding carboxylic acids is 1. The third kappa shape index (κ3) is 3.13. The van der Waals surface area contributed by atoms with Gasteiger partial charge in [0.25, 0.3) is 0 Å². The van der Waals surface area contributed by atoms with Crippen molar-refractivity contribution in [2.24, 2.45) is 5.73 Å². The predicted octanol–water partition coefficient (Wildman–Crippen LogP) is 0.144. The number of primary amides is 1. The molecule has 7 heteroatoms. The summed E-state index contributed by atoms with van der Waals surface area (Å²) in [5, 5.41) is 18.6. The summed E-state index contributed by atoms with van der Waals surface area (Å²) in [6, 6.07) is 0.935. The molecule has 1 amide bonds. The topological polar surface area (TPSA) is 96.4 Å². The summed E-state index contributed by atoms with van der Waals surface area (Å²) in [5.74, 6) is -1.58. The van der Waals surface area contributed by atoms with E-state index >= 15 is 0 Å². The Morgan fingerprint density at radius 2 is 2.25 bits per heavy atom. The minimum absolute atomic E-state index is 0.0238. The third-order valence-corrected chi connectivity index (χ3v) is 2.21. The lowest BCUT2D eigenvalue weighted by Crippen LogP contribution is -2.25. The molecule has 0 saturated carbocycles. The van der Waals surface area contributed by atoms with E-state index in [1.165, 1.54) is 0 Å². The molecular formula is C9H10ClFN2O3. The average Bonchev–Trinajstić information content (AvgIpc) is 2.20. The zero-order chi connectivity index (χ0) is 12.3. The largest absolute Gasteiger partial charge is 0.390 e. The highest BCUT2D eigenvalue weighted by molar-refractivity contribution is 6.29. The minimum atomic E-state index is -1.44. The monoisotopic (exact) mass is 248 g/mol. The molecule has 1 aromatic heterocycles. The first-order valence-corrected chi connectivity index (χ1v) is 4.75. The van der Waals surface area contributed by atoms with Crippen LogP contribution in [0.4, 0.5) is 4.39 Å². The summed E-state index contributed by atoms with van der Waals surface area (Å²) in [4.78, 5) is 14.0. The number of carbonyl (C=O) groups is 1. The molecule has 0 aliphatic rings. The van der Waals surface area contributed by atoms with Crippen LogP contribution >= 0.6 is 11.6 Å². The Morgan fingerprint density at radius 3 is 2.75 bits per heavy atom. The molecule has 0 aliphatic carbocycles. The summed E-state index contributed by atoms with van der Waals surface area (Å²) in [5.41, 5.74) is 4.87. The lowest BCUT2D eigenvalue weighted by atomic mass is 10.0. The average molecular weight is 249 g/mol. The molecule has 0 aliphatic heterocycles.